The second-order valence-corrected chi connectivity index (χ2v) is 4.48. The molecule has 0 aliphatic heterocycles. The minimum absolute atomic E-state index is 0.661. The summed E-state index contributed by atoms with van der Waals surface area (Å²) in [6.07, 6.45) is 3.26. The SMILES string of the molecule is CCCCOCCCNc1nc(C)nc(NN)c1C. The Morgan fingerprint density at radius 1 is 1.11 bits per heavy atom. The van der Waals surface area contributed by atoms with Crippen molar-refractivity contribution in [3.63, 3.8) is 0 Å². The van der Waals surface area contributed by atoms with Crippen molar-refractivity contribution in [2.75, 3.05) is 30.5 Å². The average Bonchev–Trinajstić information content (AvgIpc) is 2.41. The third kappa shape index (κ3) is 5.40. The molecule has 4 N–H and O–H groups in total. The quantitative estimate of drug-likeness (QED) is 0.360. The van der Waals surface area contributed by atoms with Crippen LogP contribution in [0.3, 0.4) is 0 Å². The standard InChI is InChI=1S/C13H25N5O/c1-4-5-8-19-9-6-7-15-12-10(2)13(18-14)17-11(3)16-12/h4-9,14H2,1-3H3,(H2,15,16,17,18). The number of nitrogens with one attached hydrogen (secondary N) is 2. The Kier molecular flexibility index (Phi) is 7.14. The number of hydrogen-bond donors (Lipinski definition) is 3. The van der Waals surface area contributed by atoms with Gasteiger partial charge in [0.15, 0.2) is 0 Å². The van der Waals surface area contributed by atoms with Crippen LogP contribution in [0.25, 0.3) is 0 Å². The van der Waals surface area contributed by atoms with Crippen molar-refractivity contribution in [1.29, 1.82) is 0 Å². The van der Waals surface area contributed by atoms with Crippen LogP contribution >= 0.6 is 0 Å². The molecule has 0 amide bonds. The summed E-state index contributed by atoms with van der Waals surface area (Å²) >= 11 is 0. The van der Waals surface area contributed by atoms with Crippen LogP contribution in [0.2, 0.25) is 0 Å². The number of hydrazine groups is 1. The van der Waals surface area contributed by atoms with Crippen LogP contribution in [0, 0.1) is 13.8 Å². The van der Waals surface area contributed by atoms with E-state index in [0.717, 1.165) is 44.0 Å². The molecule has 0 saturated heterocycles. The van der Waals surface area contributed by atoms with Crippen molar-refractivity contribution in [2.24, 2.45) is 5.84 Å². The van der Waals surface area contributed by atoms with Crippen LogP contribution in [0.5, 0.6) is 0 Å². The van der Waals surface area contributed by atoms with Gasteiger partial charge in [0.1, 0.15) is 17.5 Å². The maximum Gasteiger partial charge on any atom is 0.148 e. The zero-order chi connectivity index (χ0) is 14.1. The third-order valence-corrected chi connectivity index (χ3v) is 2.79. The van der Waals surface area contributed by atoms with Gasteiger partial charge in [-0.05, 0) is 26.7 Å². The van der Waals surface area contributed by atoms with Crippen molar-refractivity contribution in [2.45, 2.75) is 40.0 Å². The number of aromatic nitrogens is 2. The first-order chi connectivity index (χ1) is 9.19. The minimum Gasteiger partial charge on any atom is -0.381 e. The van der Waals surface area contributed by atoms with Gasteiger partial charge in [-0.15, -0.1) is 0 Å². The Bertz CT molecular complexity index is 384. The van der Waals surface area contributed by atoms with Crippen LogP contribution in [0.1, 0.15) is 37.6 Å². The fourth-order valence-corrected chi connectivity index (χ4v) is 1.67. The summed E-state index contributed by atoms with van der Waals surface area (Å²) in [4.78, 5) is 8.59. The summed E-state index contributed by atoms with van der Waals surface area (Å²) in [7, 11) is 0. The van der Waals surface area contributed by atoms with Crippen LogP contribution in [-0.4, -0.2) is 29.7 Å². The normalized spacial score (nSPS) is 10.5. The van der Waals surface area contributed by atoms with Gasteiger partial charge in [-0.3, -0.25) is 0 Å². The van der Waals surface area contributed by atoms with Gasteiger partial charge in [0, 0.05) is 25.3 Å². The minimum atomic E-state index is 0.661. The van der Waals surface area contributed by atoms with Gasteiger partial charge in [-0.2, -0.15) is 0 Å². The molecule has 1 heterocycles. The number of unbranched alkanes of at least 4 members (excludes halogenated alkanes) is 1. The van der Waals surface area contributed by atoms with Gasteiger partial charge in [-0.1, -0.05) is 13.3 Å². The fraction of sp³-hybridized carbons (Fsp3) is 0.692. The second kappa shape index (κ2) is 8.66. The summed E-state index contributed by atoms with van der Waals surface area (Å²) in [6, 6.07) is 0. The lowest BCUT2D eigenvalue weighted by Gasteiger charge is -2.12. The maximum absolute atomic E-state index is 5.51. The Morgan fingerprint density at radius 3 is 2.47 bits per heavy atom. The number of anilines is 2. The van der Waals surface area contributed by atoms with E-state index >= 15 is 0 Å². The van der Waals surface area contributed by atoms with Gasteiger partial charge in [0.25, 0.3) is 0 Å². The van der Waals surface area contributed by atoms with E-state index in [1.54, 1.807) is 0 Å². The molecule has 0 bridgehead atoms. The van der Waals surface area contributed by atoms with Crippen LogP contribution in [0.15, 0.2) is 0 Å². The van der Waals surface area contributed by atoms with E-state index in [2.05, 4.69) is 27.6 Å². The lowest BCUT2D eigenvalue weighted by Crippen LogP contribution is -2.15. The molecule has 0 saturated carbocycles. The maximum atomic E-state index is 5.51. The summed E-state index contributed by atoms with van der Waals surface area (Å²) in [5.41, 5.74) is 3.52. The van der Waals surface area contributed by atoms with E-state index in [9.17, 15) is 0 Å². The Labute approximate surface area is 115 Å². The first-order valence-electron chi connectivity index (χ1n) is 6.82. The third-order valence-electron chi connectivity index (χ3n) is 2.79. The van der Waals surface area contributed by atoms with Crippen LogP contribution < -0.4 is 16.6 Å². The summed E-state index contributed by atoms with van der Waals surface area (Å²) in [5.74, 6) is 7.61. The molecule has 6 nitrogen and oxygen atoms in total. The zero-order valence-electron chi connectivity index (χ0n) is 12.1. The molecule has 0 unspecified atom stereocenters. The van der Waals surface area contributed by atoms with Crippen molar-refractivity contribution < 1.29 is 4.74 Å². The number of rotatable bonds is 9. The molecule has 6 heteroatoms. The Hall–Kier alpha value is -1.40. The first-order valence-corrected chi connectivity index (χ1v) is 6.82. The van der Waals surface area contributed by atoms with Crippen LogP contribution in [0.4, 0.5) is 11.6 Å². The first kappa shape index (κ1) is 15.7. The van der Waals surface area contributed by atoms with E-state index in [4.69, 9.17) is 10.6 Å². The van der Waals surface area contributed by atoms with Gasteiger partial charge < -0.3 is 15.5 Å². The van der Waals surface area contributed by atoms with Gasteiger partial charge in [0.05, 0.1) is 0 Å². The molecule has 108 valence electrons. The van der Waals surface area contributed by atoms with Gasteiger partial charge >= 0.3 is 0 Å². The Morgan fingerprint density at radius 2 is 1.79 bits per heavy atom. The molecule has 0 aliphatic carbocycles. The molecule has 0 atom stereocenters. The topological polar surface area (TPSA) is 85.1 Å². The molecule has 0 spiro atoms. The van der Waals surface area contributed by atoms with Crippen molar-refractivity contribution in [3.8, 4) is 0 Å². The highest BCUT2D eigenvalue weighted by atomic mass is 16.5. The van der Waals surface area contributed by atoms with E-state index in [1.807, 2.05) is 13.8 Å². The van der Waals surface area contributed by atoms with Crippen LogP contribution in [-0.2, 0) is 4.74 Å². The number of ether oxygens (including phenoxy) is 1. The number of nitrogen functional groups attached to an aromatic ring is 1. The number of nitrogens with zero attached hydrogens (tertiary/aromatic N) is 2. The summed E-state index contributed by atoms with van der Waals surface area (Å²) < 4.78 is 5.51. The van der Waals surface area contributed by atoms with Gasteiger partial charge in [0.2, 0.25) is 0 Å². The smallest absolute Gasteiger partial charge is 0.148 e. The number of aryl methyl sites for hydroxylation is 1. The van der Waals surface area contributed by atoms with Crippen molar-refractivity contribution in [3.05, 3.63) is 11.4 Å². The summed E-state index contributed by atoms with van der Waals surface area (Å²) in [5, 5.41) is 3.29. The molecular formula is C13H25N5O. The molecule has 19 heavy (non-hydrogen) atoms. The summed E-state index contributed by atoms with van der Waals surface area (Å²) in [6.45, 7) is 8.40. The van der Waals surface area contributed by atoms with Gasteiger partial charge in [-0.25, -0.2) is 15.8 Å². The molecule has 1 aromatic heterocycles. The van der Waals surface area contributed by atoms with E-state index in [0.29, 0.717) is 11.6 Å². The molecule has 0 radical (unpaired) electrons. The molecule has 0 fully saturated rings. The lowest BCUT2D eigenvalue weighted by atomic mass is 10.3. The van der Waals surface area contributed by atoms with E-state index < -0.39 is 0 Å². The molecule has 1 rings (SSSR count). The molecule has 0 aromatic carbocycles. The number of hydrogen-bond acceptors (Lipinski definition) is 6. The average molecular weight is 267 g/mol. The zero-order valence-corrected chi connectivity index (χ0v) is 12.1. The highest BCUT2D eigenvalue weighted by molar-refractivity contribution is 5.56. The predicted molar refractivity (Wildman–Crippen MR) is 78.1 cm³/mol. The highest BCUT2D eigenvalue weighted by Crippen LogP contribution is 2.18. The monoisotopic (exact) mass is 267 g/mol. The second-order valence-electron chi connectivity index (χ2n) is 4.48. The Balaban J connectivity index is 2.35. The molecular weight excluding hydrogens is 242 g/mol. The highest BCUT2D eigenvalue weighted by Gasteiger charge is 2.07. The number of nitrogens with two attached hydrogens (primary N) is 1. The van der Waals surface area contributed by atoms with Crippen molar-refractivity contribution in [1.82, 2.24) is 9.97 Å². The largest absolute Gasteiger partial charge is 0.381 e. The molecule has 1 aromatic rings. The fourth-order valence-electron chi connectivity index (χ4n) is 1.67. The van der Waals surface area contributed by atoms with Crippen molar-refractivity contribution >= 4 is 11.6 Å². The van der Waals surface area contributed by atoms with E-state index in [-0.39, 0.29) is 0 Å². The van der Waals surface area contributed by atoms with E-state index in [1.165, 1.54) is 6.42 Å². The molecule has 0 aliphatic rings. The predicted octanol–water partition coefficient (Wildman–Crippen LogP) is 2.00. The lowest BCUT2D eigenvalue weighted by molar-refractivity contribution is 0.131.